The van der Waals surface area contributed by atoms with Crippen LogP contribution < -0.4 is 5.43 Å². The fourth-order valence-corrected chi connectivity index (χ4v) is 3.02. The van der Waals surface area contributed by atoms with E-state index in [2.05, 4.69) is 24.4 Å². The zero-order valence-electron chi connectivity index (χ0n) is 17.2. The average Bonchev–Trinajstić information content (AvgIpc) is 2.62. The van der Waals surface area contributed by atoms with Crippen molar-refractivity contribution >= 4 is 12.1 Å². The lowest BCUT2D eigenvalue weighted by Crippen LogP contribution is -2.16. The van der Waals surface area contributed by atoms with Gasteiger partial charge < -0.3 is 0 Å². The van der Waals surface area contributed by atoms with E-state index in [0.717, 1.165) is 19.3 Å². The largest absolute Gasteiger partial charge is 0.273 e. The van der Waals surface area contributed by atoms with E-state index in [9.17, 15) is 4.79 Å². The number of rotatable bonds is 19. The molecule has 1 amide bonds. The molecular formula is C22H44N2O. The van der Waals surface area contributed by atoms with E-state index in [1.165, 1.54) is 89.9 Å². The topological polar surface area (TPSA) is 41.5 Å². The second kappa shape index (κ2) is 21.2. The van der Waals surface area contributed by atoms with Gasteiger partial charge in [0, 0.05) is 12.6 Å². The lowest BCUT2D eigenvalue weighted by molar-refractivity contribution is -0.121. The number of carbonyl (C=O) groups is 1. The second-order valence-electron chi connectivity index (χ2n) is 7.34. The summed E-state index contributed by atoms with van der Waals surface area (Å²) >= 11 is 0. The molecular weight excluding hydrogens is 308 g/mol. The van der Waals surface area contributed by atoms with Crippen LogP contribution in [0.25, 0.3) is 0 Å². The molecule has 0 bridgehead atoms. The Morgan fingerprint density at radius 2 is 1.12 bits per heavy atom. The molecule has 0 aromatic heterocycles. The molecule has 0 saturated carbocycles. The summed E-state index contributed by atoms with van der Waals surface area (Å²) < 4.78 is 0. The highest BCUT2D eigenvalue weighted by molar-refractivity contribution is 5.76. The van der Waals surface area contributed by atoms with Crippen LogP contribution >= 0.6 is 0 Å². The minimum atomic E-state index is 0.0575. The number of nitrogens with one attached hydrogen (secondary N) is 1. The molecule has 25 heavy (non-hydrogen) atoms. The Hall–Kier alpha value is -0.860. The van der Waals surface area contributed by atoms with Crippen molar-refractivity contribution in [3.63, 3.8) is 0 Å². The van der Waals surface area contributed by atoms with Gasteiger partial charge in [-0.25, -0.2) is 5.43 Å². The number of carbonyl (C=O) groups excluding carboxylic acids is 1. The van der Waals surface area contributed by atoms with Gasteiger partial charge in [0.2, 0.25) is 5.91 Å². The highest BCUT2D eigenvalue weighted by Gasteiger charge is 1.99. The lowest BCUT2D eigenvalue weighted by atomic mass is 10.0. The van der Waals surface area contributed by atoms with Crippen molar-refractivity contribution in [2.75, 3.05) is 0 Å². The van der Waals surface area contributed by atoms with Crippen molar-refractivity contribution < 1.29 is 4.79 Å². The molecule has 0 aromatic rings. The van der Waals surface area contributed by atoms with Crippen molar-refractivity contribution in [1.29, 1.82) is 0 Å². The van der Waals surface area contributed by atoms with Gasteiger partial charge in [-0.3, -0.25) is 4.79 Å². The quantitative estimate of drug-likeness (QED) is 0.150. The number of unbranched alkanes of at least 4 members (excludes halogenated alkanes) is 15. The molecule has 0 heterocycles. The molecule has 3 nitrogen and oxygen atoms in total. The molecule has 0 aliphatic carbocycles. The fraction of sp³-hybridized carbons (Fsp3) is 0.909. The molecule has 0 saturated heterocycles. The highest BCUT2D eigenvalue weighted by atomic mass is 16.2. The summed E-state index contributed by atoms with van der Waals surface area (Å²) in [7, 11) is 0. The number of hydrogen-bond donors (Lipinski definition) is 1. The predicted octanol–water partition coefficient (Wildman–Crippen LogP) is 7.15. The SMILES string of the molecule is CCCC=NNC(=O)CCCCCCCCCCCCCCCCC. The first-order valence-corrected chi connectivity index (χ1v) is 11.1. The molecule has 0 atom stereocenters. The molecule has 0 aromatic carbocycles. The van der Waals surface area contributed by atoms with Gasteiger partial charge in [-0.1, -0.05) is 110 Å². The second-order valence-corrected chi connectivity index (χ2v) is 7.34. The number of nitrogens with zero attached hydrogens (tertiary/aromatic N) is 1. The lowest BCUT2D eigenvalue weighted by Gasteiger charge is -2.03. The standard InChI is InChI=1S/C22H44N2O/c1-3-5-7-8-9-10-11-12-13-14-15-16-17-18-19-20-22(25)24-23-21-6-4-2/h21H,3-20H2,1-2H3,(H,24,25). The molecule has 0 unspecified atom stereocenters. The van der Waals surface area contributed by atoms with Crippen LogP contribution in [0, 0.1) is 0 Å². The number of hydrogen-bond acceptors (Lipinski definition) is 2. The minimum Gasteiger partial charge on any atom is -0.273 e. The molecule has 0 spiro atoms. The van der Waals surface area contributed by atoms with Gasteiger partial charge in [0.15, 0.2) is 0 Å². The summed E-state index contributed by atoms with van der Waals surface area (Å²) in [6, 6.07) is 0. The summed E-state index contributed by atoms with van der Waals surface area (Å²) in [6.45, 7) is 4.38. The Morgan fingerprint density at radius 1 is 0.680 bits per heavy atom. The Morgan fingerprint density at radius 3 is 1.56 bits per heavy atom. The highest BCUT2D eigenvalue weighted by Crippen LogP contribution is 2.13. The van der Waals surface area contributed by atoms with Crippen LogP contribution in [0.15, 0.2) is 5.10 Å². The fourth-order valence-electron chi connectivity index (χ4n) is 3.02. The van der Waals surface area contributed by atoms with E-state index < -0.39 is 0 Å². The first kappa shape index (κ1) is 24.1. The Labute approximate surface area is 157 Å². The van der Waals surface area contributed by atoms with Gasteiger partial charge in [-0.05, 0) is 12.8 Å². The van der Waals surface area contributed by atoms with E-state index in [1.807, 2.05) is 0 Å². The summed E-state index contributed by atoms with van der Waals surface area (Å²) in [4.78, 5) is 11.5. The molecule has 0 aliphatic rings. The van der Waals surface area contributed by atoms with Crippen molar-refractivity contribution in [2.45, 2.75) is 129 Å². The van der Waals surface area contributed by atoms with Crippen molar-refractivity contribution in [1.82, 2.24) is 5.43 Å². The van der Waals surface area contributed by atoms with Crippen molar-refractivity contribution in [3.8, 4) is 0 Å². The molecule has 0 aliphatic heterocycles. The van der Waals surface area contributed by atoms with E-state index in [1.54, 1.807) is 6.21 Å². The number of hydrazone groups is 1. The third-order valence-electron chi connectivity index (χ3n) is 4.71. The smallest absolute Gasteiger partial charge is 0.240 e. The maximum atomic E-state index is 11.5. The van der Waals surface area contributed by atoms with Crippen molar-refractivity contribution in [3.05, 3.63) is 0 Å². The summed E-state index contributed by atoms with van der Waals surface area (Å²) in [5.41, 5.74) is 2.60. The Balaban J connectivity index is 3.12. The van der Waals surface area contributed by atoms with Crippen LogP contribution in [0.1, 0.15) is 129 Å². The maximum Gasteiger partial charge on any atom is 0.240 e. The molecule has 0 radical (unpaired) electrons. The maximum absolute atomic E-state index is 11.5. The third-order valence-corrected chi connectivity index (χ3v) is 4.71. The Bertz CT molecular complexity index is 302. The van der Waals surface area contributed by atoms with Gasteiger partial charge in [-0.2, -0.15) is 5.10 Å². The normalized spacial score (nSPS) is 11.3. The minimum absolute atomic E-state index is 0.0575. The van der Waals surface area contributed by atoms with Gasteiger partial charge in [0.1, 0.15) is 0 Å². The van der Waals surface area contributed by atoms with Gasteiger partial charge >= 0.3 is 0 Å². The van der Waals surface area contributed by atoms with Gasteiger partial charge in [-0.15, -0.1) is 0 Å². The monoisotopic (exact) mass is 352 g/mol. The van der Waals surface area contributed by atoms with E-state index >= 15 is 0 Å². The molecule has 0 fully saturated rings. The van der Waals surface area contributed by atoms with Crippen LogP contribution in [-0.4, -0.2) is 12.1 Å². The van der Waals surface area contributed by atoms with Crippen LogP contribution in [0.3, 0.4) is 0 Å². The van der Waals surface area contributed by atoms with E-state index in [4.69, 9.17) is 0 Å². The van der Waals surface area contributed by atoms with E-state index in [0.29, 0.717) is 6.42 Å². The zero-order valence-corrected chi connectivity index (χ0v) is 17.2. The van der Waals surface area contributed by atoms with Crippen molar-refractivity contribution in [2.24, 2.45) is 5.10 Å². The summed E-state index contributed by atoms with van der Waals surface area (Å²) in [6.07, 6.45) is 24.7. The molecule has 3 heteroatoms. The zero-order chi connectivity index (χ0) is 18.4. The van der Waals surface area contributed by atoms with Crippen LogP contribution in [0.5, 0.6) is 0 Å². The average molecular weight is 353 g/mol. The van der Waals surface area contributed by atoms with Crippen LogP contribution in [-0.2, 0) is 4.79 Å². The van der Waals surface area contributed by atoms with Gasteiger partial charge in [0.05, 0.1) is 0 Å². The molecule has 1 N–H and O–H groups in total. The number of amides is 1. The van der Waals surface area contributed by atoms with Crippen LogP contribution in [0.2, 0.25) is 0 Å². The molecule has 148 valence electrons. The summed E-state index contributed by atoms with van der Waals surface area (Å²) in [5.74, 6) is 0.0575. The third kappa shape index (κ3) is 21.1. The van der Waals surface area contributed by atoms with Gasteiger partial charge in [0.25, 0.3) is 0 Å². The summed E-state index contributed by atoms with van der Waals surface area (Å²) in [5, 5.41) is 3.92. The molecule has 0 rings (SSSR count). The van der Waals surface area contributed by atoms with Crippen LogP contribution in [0.4, 0.5) is 0 Å². The first-order chi connectivity index (χ1) is 12.3. The first-order valence-electron chi connectivity index (χ1n) is 11.1. The predicted molar refractivity (Wildman–Crippen MR) is 111 cm³/mol. The Kier molecular flexibility index (Phi) is 20.5. The van der Waals surface area contributed by atoms with E-state index in [-0.39, 0.29) is 5.91 Å².